The number of piperidine rings is 1. The van der Waals surface area contributed by atoms with Gasteiger partial charge in [0.2, 0.25) is 5.91 Å². The number of carbonyl (C=O) groups is 2. The monoisotopic (exact) mass is 418 g/mol. The Morgan fingerprint density at radius 1 is 1.20 bits per heavy atom. The van der Waals surface area contributed by atoms with E-state index in [1.165, 1.54) is 10.5 Å². The molecule has 1 aromatic rings. The van der Waals surface area contributed by atoms with Crippen molar-refractivity contribution in [2.24, 2.45) is 10.9 Å². The minimum Gasteiger partial charge on any atom is -0.497 e. The number of hydrogen-bond donors (Lipinski definition) is 1. The predicted octanol–water partition coefficient (Wildman–Crippen LogP) is 1.55. The lowest BCUT2D eigenvalue weighted by atomic mass is 9.97. The van der Waals surface area contributed by atoms with Crippen LogP contribution in [0, 0.1) is 5.92 Å². The molecule has 0 radical (unpaired) electrons. The molecule has 1 aliphatic heterocycles. The number of likely N-dealkylation sites (N-methyl/N-ethyl adjacent to an activating group) is 1. The number of guanidine groups is 1. The van der Waals surface area contributed by atoms with Crippen molar-refractivity contribution in [3.63, 3.8) is 0 Å². The number of rotatable bonds is 8. The lowest BCUT2D eigenvalue weighted by molar-refractivity contribution is -0.149. The van der Waals surface area contributed by atoms with Gasteiger partial charge in [0.25, 0.3) is 0 Å². The fraction of sp³-hybridized carbons (Fsp3) is 0.591. The van der Waals surface area contributed by atoms with Gasteiger partial charge in [-0.2, -0.15) is 0 Å². The first-order chi connectivity index (χ1) is 14.4. The molecule has 2 rings (SSSR count). The molecular formula is C22H34N4O4. The van der Waals surface area contributed by atoms with Crippen LogP contribution in [-0.4, -0.2) is 81.6 Å². The Labute approximate surface area is 179 Å². The normalized spacial score (nSPS) is 14.9. The van der Waals surface area contributed by atoms with E-state index in [1.807, 2.05) is 31.2 Å². The molecule has 0 aliphatic carbocycles. The third-order valence-corrected chi connectivity index (χ3v) is 5.13. The number of ether oxygens (including phenoxy) is 2. The van der Waals surface area contributed by atoms with E-state index in [2.05, 4.69) is 15.2 Å². The van der Waals surface area contributed by atoms with Crippen LogP contribution in [0.4, 0.5) is 0 Å². The minimum absolute atomic E-state index is 0.0501. The molecular weight excluding hydrogens is 384 g/mol. The van der Waals surface area contributed by atoms with Crippen molar-refractivity contribution in [1.82, 2.24) is 15.1 Å². The molecule has 0 spiro atoms. The summed E-state index contributed by atoms with van der Waals surface area (Å²) in [5.41, 5.74) is 1.19. The highest BCUT2D eigenvalue weighted by atomic mass is 16.5. The van der Waals surface area contributed by atoms with Gasteiger partial charge >= 0.3 is 5.97 Å². The van der Waals surface area contributed by atoms with Gasteiger partial charge in [-0.25, -0.2) is 4.99 Å². The Morgan fingerprint density at radius 3 is 2.43 bits per heavy atom. The summed E-state index contributed by atoms with van der Waals surface area (Å²) < 4.78 is 10.3. The zero-order valence-electron chi connectivity index (χ0n) is 18.5. The molecule has 0 saturated carbocycles. The predicted molar refractivity (Wildman–Crippen MR) is 117 cm³/mol. The van der Waals surface area contributed by atoms with Crippen molar-refractivity contribution >= 4 is 17.8 Å². The quantitative estimate of drug-likeness (QED) is 0.392. The van der Waals surface area contributed by atoms with E-state index in [0.29, 0.717) is 32.2 Å². The average Bonchev–Trinajstić information content (AvgIpc) is 2.76. The van der Waals surface area contributed by atoms with E-state index >= 15 is 0 Å². The first-order valence-electron chi connectivity index (χ1n) is 10.5. The Morgan fingerprint density at radius 2 is 1.87 bits per heavy atom. The Kier molecular flexibility index (Phi) is 9.44. The maximum atomic E-state index is 12.0. The highest BCUT2D eigenvalue weighted by molar-refractivity contribution is 5.85. The van der Waals surface area contributed by atoms with Crippen molar-refractivity contribution in [2.45, 2.75) is 26.2 Å². The molecule has 0 unspecified atom stereocenters. The van der Waals surface area contributed by atoms with Gasteiger partial charge in [-0.05, 0) is 43.9 Å². The van der Waals surface area contributed by atoms with Crippen molar-refractivity contribution < 1.29 is 19.1 Å². The summed E-state index contributed by atoms with van der Waals surface area (Å²) in [5, 5.41) is 3.39. The van der Waals surface area contributed by atoms with Crippen molar-refractivity contribution in [3.05, 3.63) is 29.8 Å². The van der Waals surface area contributed by atoms with Gasteiger partial charge in [0.15, 0.2) is 5.96 Å². The van der Waals surface area contributed by atoms with Gasteiger partial charge < -0.3 is 24.6 Å². The van der Waals surface area contributed by atoms with Crippen molar-refractivity contribution in [1.29, 1.82) is 0 Å². The topological polar surface area (TPSA) is 83.5 Å². The number of likely N-dealkylation sites (tertiary alicyclic amines) is 1. The summed E-state index contributed by atoms with van der Waals surface area (Å²) in [6, 6.07) is 7.97. The Hall–Kier alpha value is -2.77. The van der Waals surface area contributed by atoms with Crippen LogP contribution in [0.1, 0.15) is 25.3 Å². The molecule has 1 N–H and O–H groups in total. The third kappa shape index (κ3) is 7.24. The molecule has 0 aromatic heterocycles. The Balaban J connectivity index is 1.95. The number of nitrogens with zero attached hydrogens (tertiary/aromatic N) is 3. The second-order valence-electron chi connectivity index (χ2n) is 7.47. The molecule has 1 heterocycles. The SMILES string of the molecule is CCOC(=O)C1CCN(C(=NCC(=O)N(C)C)NCCc2ccc(OC)cc2)CC1. The number of benzene rings is 1. The van der Waals surface area contributed by atoms with E-state index in [-0.39, 0.29) is 24.3 Å². The maximum absolute atomic E-state index is 12.0. The van der Waals surface area contributed by atoms with E-state index in [0.717, 1.165) is 25.0 Å². The van der Waals surface area contributed by atoms with Gasteiger partial charge in [-0.1, -0.05) is 12.1 Å². The lowest BCUT2D eigenvalue weighted by Gasteiger charge is -2.33. The molecule has 1 aromatic carbocycles. The maximum Gasteiger partial charge on any atom is 0.309 e. The van der Waals surface area contributed by atoms with E-state index in [1.54, 1.807) is 21.2 Å². The van der Waals surface area contributed by atoms with Crippen LogP contribution < -0.4 is 10.1 Å². The summed E-state index contributed by atoms with van der Waals surface area (Å²) in [5.74, 6) is 1.31. The van der Waals surface area contributed by atoms with Gasteiger partial charge in [-0.3, -0.25) is 9.59 Å². The summed E-state index contributed by atoms with van der Waals surface area (Å²) in [6.45, 7) is 4.43. The summed E-state index contributed by atoms with van der Waals surface area (Å²) >= 11 is 0. The number of amides is 1. The highest BCUT2D eigenvalue weighted by Gasteiger charge is 2.27. The second kappa shape index (κ2) is 12.0. The van der Waals surface area contributed by atoms with Crippen molar-refractivity contribution in [3.8, 4) is 5.75 Å². The fourth-order valence-corrected chi connectivity index (χ4v) is 3.25. The zero-order valence-corrected chi connectivity index (χ0v) is 18.5. The number of esters is 1. The van der Waals surface area contributed by atoms with Crippen LogP contribution in [0.5, 0.6) is 5.75 Å². The number of aliphatic imine (C=N–C) groups is 1. The van der Waals surface area contributed by atoms with E-state index < -0.39 is 0 Å². The summed E-state index contributed by atoms with van der Waals surface area (Å²) in [6.07, 6.45) is 2.27. The Bertz CT molecular complexity index is 710. The number of hydrogen-bond acceptors (Lipinski definition) is 5. The van der Waals surface area contributed by atoms with Crippen LogP contribution in [0.25, 0.3) is 0 Å². The molecule has 1 fully saturated rings. The number of methoxy groups -OCH3 is 1. The third-order valence-electron chi connectivity index (χ3n) is 5.13. The van der Waals surface area contributed by atoms with Gasteiger partial charge in [0.05, 0.1) is 19.6 Å². The van der Waals surface area contributed by atoms with Gasteiger partial charge in [0.1, 0.15) is 12.3 Å². The van der Waals surface area contributed by atoms with Crippen molar-refractivity contribution in [2.75, 3.05) is 54.0 Å². The van der Waals surface area contributed by atoms with E-state index in [4.69, 9.17) is 9.47 Å². The number of carbonyl (C=O) groups excluding carboxylic acids is 2. The molecule has 1 amide bonds. The second-order valence-corrected chi connectivity index (χ2v) is 7.47. The van der Waals surface area contributed by atoms with E-state index in [9.17, 15) is 9.59 Å². The average molecular weight is 419 g/mol. The lowest BCUT2D eigenvalue weighted by Crippen LogP contribution is -2.47. The molecule has 1 saturated heterocycles. The zero-order chi connectivity index (χ0) is 21.9. The van der Waals surface area contributed by atoms with Crippen LogP contribution in [-0.2, 0) is 20.7 Å². The summed E-state index contributed by atoms with van der Waals surface area (Å²) in [7, 11) is 5.10. The van der Waals surface area contributed by atoms with Crippen LogP contribution in [0.3, 0.4) is 0 Å². The largest absolute Gasteiger partial charge is 0.497 e. The molecule has 0 atom stereocenters. The molecule has 1 aliphatic rings. The first kappa shape index (κ1) is 23.5. The summed E-state index contributed by atoms with van der Waals surface area (Å²) in [4.78, 5) is 32.2. The molecule has 30 heavy (non-hydrogen) atoms. The van der Waals surface area contributed by atoms with Crippen LogP contribution in [0.2, 0.25) is 0 Å². The van der Waals surface area contributed by atoms with Gasteiger partial charge in [0, 0.05) is 33.7 Å². The minimum atomic E-state index is -0.120. The van der Waals surface area contributed by atoms with Crippen LogP contribution in [0.15, 0.2) is 29.3 Å². The molecule has 8 nitrogen and oxygen atoms in total. The molecule has 166 valence electrons. The molecule has 0 bridgehead atoms. The highest BCUT2D eigenvalue weighted by Crippen LogP contribution is 2.19. The fourth-order valence-electron chi connectivity index (χ4n) is 3.25. The molecule has 8 heteroatoms. The van der Waals surface area contributed by atoms with Crippen LogP contribution >= 0.6 is 0 Å². The standard InChI is InChI=1S/C22H34N4O4/c1-5-30-21(28)18-11-14-26(15-12-18)22(24-16-20(27)25(2)3)23-13-10-17-6-8-19(29-4)9-7-17/h6-9,18H,5,10-16H2,1-4H3,(H,23,24). The smallest absolute Gasteiger partial charge is 0.309 e. The first-order valence-corrected chi connectivity index (χ1v) is 10.5. The van der Waals surface area contributed by atoms with Gasteiger partial charge in [-0.15, -0.1) is 0 Å². The number of nitrogens with one attached hydrogen (secondary N) is 1.